The highest BCUT2D eigenvalue weighted by Crippen LogP contribution is 2.49. The van der Waals surface area contributed by atoms with Gasteiger partial charge in [0.25, 0.3) is 0 Å². The molecule has 2 aromatic carbocycles. The van der Waals surface area contributed by atoms with Crippen LogP contribution in [0, 0.1) is 0 Å². The van der Waals surface area contributed by atoms with E-state index in [0.717, 1.165) is 22.3 Å². The van der Waals surface area contributed by atoms with Crippen LogP contribution in [-0.4, -0.2) is 47.9 Å². The van der Waals surface area contributed by atoms with Crippen LogP contribution in [0.15, 0.2) is 48.5 Å². The fourth-order valence-electron chi connectivity index (χ4n) is 4.30. The van der Waals surface area contributed by atoms with Crippen LogP contribution in [-0.2, 0) is 14.3 Å². The molecule has 1 fully saturated rings. The van der Waals surface area contributed by atoms with E-state index in [9.17, 15) is 14.7 Å². The predicted octanol–water partition coefficient (Wildman–Crippen LogP) is 3.46. The first-order valence-corrected chi connectivity index (χ1v) is 8.97. The second-order valence-electron chi connectivity index (χ2n) is 6.87. The third-order valence-electron chi connectivity index (χ3n) is 5.61. The smallest absolute Gasteiger partial charge is 0.411 e. The van der Waals surface area contributed by atoms with E-state index >= 15 is 0 Å². The van der Waals surface area contributed by atoms with Gasteiger partial charge in [-0.15, -0.1) is 0 Å². The third-order valence-corrected chi connectivity index (χ3v) is 5.61. The number of ether oxygens (including phenoxy) is 2. The van der Waals surface area contributed by atoms with E-state index in [0.29, 0.717) is 0 Å². The maximum Gasteiger partial charge on any atom is 0.411 e. The number of carbonyl (C=O) groups excluding carboxylic acids is 1. The molecule has 2 aromatic rings. The fraction of sp³-hybridized carbons (Fsp3) is 0.333. The van der Waals surface area contributed by atoms with Gasteiger partial charge in [-0.3, -0.25) is 4.90 Å². The number of fused-ring (bicyclic) bond motifs is 3. The number of rotatable bonds is 3. The zero-order valence-electron chi connectivity index (χ0n) is 15.1. The summed E-state index contributed by atoms with van der Waals surface area (Å²) in [6.45, 7) is 0.575. The molecule has 27 heavy (non-hydrogen) atoms. The molecule has 0 bridgehead atoms. The highest BCUT2D eigenvalue weighted by molar-refractivity contribution is 5.87. The summed E-state index contributed by atoms with van der Waals surface area (Å²) in [6, 6.07) is 15.1. The number of carboxylic acid groups (broad SMARTS) is 1. The summed E-state index contributed by atoms with van der Waals surface area (Å²) in [7, 11) is 1.29. The van der Waals surface area contributed by atoms with Gasteiger partial charge in [0.1, 0.15) is 5.54 Å². The average molecular weight is 367 g/mol. The monoisotopic (exact) mass is 367 g/mol. The zero-order valence-corrected chi connectivity index (χ0v) is 15.1. The Labute approximate surface area is 157 Å². The summed E-state index contributed by atoms with van der Waals surface area (Å²) in [5, 5.41) is 10.2. The number of hydrogen-bond donors (Lipinski definition) is 1. The van der Waals surface area contributed by atoms with Gasteiger partial charge in [0.2, 0.25) is 0 Å². The van der Waals surface area contributed by atoms with E-state index in [2.05, 4.69) is 0 Å². The highest BCUT2D eigenvalue weighted by Gasteiger charge is 2.53. The Hall–Kier alpha value is -2.86. The van der Waals surface area contributed by atoms with Gasteiger partial charge >= 0.3 is 12.1 Å². The molecule has 1 N–H and O–H groups in total. The summed E-state index contributed by atoms with van der Waals surface area (Å²) < 4.78 is 10.5. The number of nitrogens with zero attached hydrogens (tertiary/aromatic N) is 1. The number of amides is 1. The maximum absolute atomic E-state index is 12.9. The zero-order chi connectivity index (χ0) is 19.0. The first kappa shape index (κ1) is 17.5. The topological polar surface area (TPSA) is 76.1 Å². The molecule has 2 aliphatic rings. The number of hydrogen-bond acceptors (Lipinski definition) is 4. The van der Waals surface area contributed by atoms with Crippen molar-refractivity contribution in [3.63, 3.8) is 0 Å². The Morgan fingerprint density at radius 3 is 2.04 bits per heavy atom. The van der Waals surface area contributed by atoms with Crippen molar-refractivity contribution in [2.75, 3.05) is 20.3 Å². The van der Waals surface area contributed by atoms with E-state index in [1.807, 2.05) is 48.5 Å². The Bertz CT molecular complexity index is 842. The van der Waals surface area contributed by atoms with Crippen LogP contribution in [0.2, 0.25) is 0 Å². The minimum absolute atomic E-state index is 0.221. The molecule has 1 amide bonds. The average Bonchev–Trinajstić information content (AvgIpc) is 3.03. The quantitative estimate of drug-likeness (QED) is 0.899. The molecule has 4 rings (SSSR count). The van der Waals surface area contributed by atoms with Crippen molar-refractivity contribution in [2.45, 2.75) is 24.4 Å². The second kappa shape index (κ2) is 6.70. The Balaban J connectivity index is 1.94. The van der Waals surface area contributed by atoms with E-state index in [1.54, 1.807) is 0 Å². The molecule has 140 valence electrons. The Morgan fingerprint density at radius 1 is 1.04 bits per heavy atom. The molecule has 0 saturated carbocycles. The van der Waals surface area contributed by atoms with Crippen molar-refractivity contribution in [3.05, 3.63) is 59.7 Å². The van der Waals surface area contributed by atoms with Gasteiger partial charge in [-0.05, 0) is 22.3 Å². The Morgan fingerprint density at radius 2 is 1.56 bits per heavy atom. The van der Waals surface area contributed by atoms with Crippen molar-refractivity contribution in [2.24, 2.45) is 0 Å². The lowest BCUT2D eigenvalue weighted by Gasteiger charge is -2.45. The molecular formula is C21H21NO5. The summed E-state index contributed by atoms with van der Waals surface area (Å²) in [5.41, 5.74) is 2.48. The number of carbonyl (C=O) groups is 2. The first-order chi connectivity index (χ1) is 13.1. The van der Waals surface area contributed by atoms with Crippen LogP contribution in [0.4, 0.5) is 4.79 Å². The number of methoxy groups -OCH3 is 1. The largest absolute Gasteiger partial charge is 0.479 e. The van der Waals surface area contributed by atoms with Gasteiger partial charge < -0.3 is 14.6 Å². The van der Waals surface area contributed by atoms with Crippen molar-refractivity contribution in [1.29, 1.82) is 0 Å². The molecule has 1 aliphatic carbocycles. The molecule has 6 nitrogen and oxygen atoms in total. The second-order valence-corrected chi connectivity index (χ2v) is 6.87. The fourth-order valence-corrected chi connectivity index (χ4v) is 4.30. The predicted molar refractivity (Wildman–Crippen MR) is 98.4 cm³/mol. The van der Waals surface area contributed by atoms with Crippen LogP contribution in [0.1, 0.15) is 30.0 Å². The standard InChI is InChI=1S/C21H21NO5/c1-26-20(25)22(21(19(23)24)10-12-27-13-11-21)18-16-8-4-2-6-14(16)15-7-3-5-9-17(15)18/h2-9,18H,10-13H2,1H3,(H,23,24). The molecule has 1 aliphatic heterocycles. The number of benzene rings is 2. The van der Waals surface area contributed by atoms with E-state index in [1.165, 1.54) is 12.0 Å². The summed E-state index contributed by atoms with van der Waals surface area (Å²) in [6.07, 6.45) is -0.202. The van der Waals surface area contributed by atoms with Crippen LogP contribution in [0.25, 0.3) is 11.1 Å². The molecule has 0 radical (unpaired) electrons. The molecule has 1 saturated heterocycles. The van der Waals surface area contributed by atoms with E-state index < -0.39 is 23.6 Å². The number of carboxylic acids is 1. The van der Waals surface area contributed by atoms with E-state index in [-0.39, 0.29) is 26.1 Å². The van der Waals surface area contributed by atoms with Crippen molar-refractivity contribution >= 4 is 12.1 Å². The van der Waals surface area contributed by atoms with Gasteiger partial charge in [0.15, 0.2) is 0 Å². The van der Waals surface area contributed by atoms with Crippen molar-refractivity contribution in [1.82, 2.24) is 4.90 Å². The summed E-state index contributed by atoms with van der Waals surface area (Å²) in [4.78, 5) is 26.8. The normalized spacial score (nSPS) is 17.7. The maximum atomic E-state index is 12.9. The summed E-state index contributed by atoms with van der Waals surface area (Å²) in [5.74, 6) is -1.03. The van der Waals surface area contributed by atoms with Gasteiger partial charge in [0.05, 0.1) is 13.2 Å². The van der Waals surface area contributed by atoms with Gasteiger partial charge in [0, 0.05) is 26.1 Å². The highest BCUT2D eigenvalue weighted by atomic mass is 16.5. The van der Waals surface area contributed by atoms with Crippen molar-refractivity contribution in [3.8, 4) is 11.1 Å². The summed E-state index contributed by atoms with van der Waals surface area (Å²) >= 11 is 0. The molecule has 0 spiro atoms. The van der Waals surface area contributed by atoms with Gasteiger partial charge in [-0.25, -0.2) is 9.59 Å². The molecule has 6 heteroatoms. The van der Waals surface area contributed by atoms with Gasteiger partial charge in [-0.1, -0.05) is 48.5 Å². The first-order valence-electron chi connectivity index (χ1n) is 8.97. The van der Waals surface area contributed by atoms with E-state index in [4.69, 9.17) is 9.47 Å². The SMILES string of the molecule is COC(=O)N(C1c2ccccc2-c2ccccc21)C1(C(=O)O)CCOCC1. The molecular weight excluding hydrogens is 346 g/mol. The molecule has 0 aromatic heterocycles. The molecule has 1 heterocycles. The number of aliphatic carboxylic acids is 1. The lowest BCUT2D eigenvalue weighted by molar-refractivity contribution is -0.158. The Kier molecular flexibility index (Phi) is 4.36. The van der Waals surface area contributed by atoms with Crippen LogP contribution in [0.3, 0.4) is 0 Å². The minimum Gasteiger partial charge on any atom is -0.479 e. The van der Waals surface area contributed by atoms with Gasteiger partial charge in [-0.2, -0.15) is 0 Å². The lowest BCUT2D eigenvalue weighted by atomic mass is 9.85. The third kappa shape index (κ3) is 2.59. The molecule has 0 atom stereocenters. The van der Waals surface area contributed by atoms with Crippen molar-refractivity contribution < 1.29 is 24.2 Å². The van der Waals surface area contributed by atoms with Crippen LogP contribution < -0.4 is 0 Å². The molecule has 0 unspecified atom stereocenters. The lowest BCUT2D eigenvalue weighted by Crippen LogP contribution is -2.60. The minimum atomic E-state index is -1.37. The van der Waals surface area contributed by atoms with Crippen LogP contribution >= 0.6 is 0 Å². The van der Waals surface area contributed by atoms with Crippen LogP contribution in [0.5, 0.6) is 0 Å².